The van der Waals surface area contributed by atoms with Crippen LogP contribution in [-0.4, -0.2) is 65.6 Å². The molecule has 0 spiro atoms. The molecule has 0 saturated carbocycles. The summed E-state index contributed by atoms with van der Waals surface area (Å²) < 4.78 is 6.13. The van der Waals surface area contributed by atoms with E-state index in [-0.39, 0.29) is 11.5 Å². The first-order chi connectivity index (χ1) is 46.3. The summed E-state index contributed by atoms with van der Waals surface area (Å²) >= 11 is 0. The lowest BCUT2D eigenvalue weighted by atomic mass is 9.91. The standard InChI is InChI=1S/C11H14.C10H11NO.3C10H9N.C6H6N4O.C5H11N.C5H6O.8C2H6/c1-9-6-7-10-4-2-3-5-11(10)8-9;1-7-2-4-9-8(6-7)3-5-10(12)11-9;1-8-4-5-10-9(7-8)3-2-6-11-10;1-8-6-9-4-2-3-5-10(9)7-11-8;1-8-6-7-9-4-2-3-5-10(9)11-8;1-10-3-7-5-4(6(10)11)2-8-9-5;1-6-4-2-3-5-6;1-5-2-3-6-4-5;8*1-2/h6-8H,2-5H2,1H3;2,4,6H,3,5H2,1H3,(H,11,12);3*2-7H,1H3;2-3H,1H3,(H,8,9);2-5H2,1H3;2-4H,1H3;8*1-2H3. The van der Waals surface area contributed by atoms with Gasteiger partial charge < -0.3 is 19.2 Å². The Kier molecular flexibility index (Phi) is 52.0. The topological polar surface area (TPSA) is 148 Å². The Hall–Kier alpha value is -8.61. The van der Waals surface area contributed by atoms with E-state index in [1.54, 1.807) is 30.7 Å². The summed E-state index contributed by atoms with van der Waals surface area (Å²) in [5.74, 6) is 0.131. The molecule has 0 bridgehead atoms. The van der Waals surface area contributed by atoms with Gasteiger partial charge in [-0.05, 0) is 183 Å². The summed E-state index contributed by atoms with van der Waals surface area (Å²) in [4.78, 5) is 41.4. The zero-order valence-electron chi connectivity index (χ0n) is 63.2. The number of pyridine rings is 3. The number of anilines is 1. The summed E-state index contributed by atoms with van der Waals surface area (Å²) in [6.07, 6.45) is 19.7. The Balaban J connectivity index is 0. The van der Waals surface area contributed by atoms with Crippen molar-refractivity contribution in [1.82, 2.24) is 39.6 Å². The number of aromatic amines is 1. The van der Waals surface area contributed by atoms with E-state index in [2.05, 4.69) is 141 Å². The predicted octanol–water partition coefficient (Wildman–Crippen LogP) is 22.5. The number of aryl methyl sites for hydroxylation is 10. The van der Waals surface area contributed by atoms with Crippen molar-refractivity contribution in [2.75, 3.05) is 25.5 Å². The molecule has 2 aliphatic heterocycles. The van der Waals surface area contributed by atoms with Crippen LogP contribution in [0.25, 0.3) is 43.6 Å². The third kappa shape index (κ3) is 34.9. The summed E-state index contributed by atoms with van der Waals surface area (Å²) in [6, 6.07) is 47.8. The maximum atomic E-state index is 11.3. The highest BCUT2D eigenvalue weighted by Gasteiger charge is 2.14. The van der Waals surface area contributed by atoms with Crippen LogP contribution in [-0.2, 0) is 31.1 Å². The average Bonchev–Trinajstić information content (AvgIpc) is 1.85. The Labute approximate surface area is 574 Å². The highest BCUT2D eigenvalue weighted by Crippen LogP contribution is 2.24. The molecule has 3 aliphatic rings. The molecule has 518 valence electrons. The van der Waals surface area contributed by atoms with E-state index in [0.717, 1.165) is 34.5 Å². The van der Waals surface area contributed by atoms with Gasteiger partial charge in [-0.25, -0.2) is 4.98 Å². The number of likely N-dealkylation sites (tertiary alicyclic amines) is 1. The molecule has 8 heterocycles. The van der Waals surface area contributed by atoms with Crippen LogP contribution in [0.3, 0.4) is 0 Å². The highest BCUT2D eigenvalue weighted by atomic mass is 16.3. The number of hydrogen-bond acceptors (Lipinski definition) is 9. The lowest BCUT2D eigenvalue weighted by Gasteiger charge is -2.16. The summed E-state index contributed by atoms with van der Waals surface area (Å²) in [7, 11) is 3.83. The number of nitrogens with zero attached hydrogens (tertiary/aromatic N) is 7. The summed E-state index contributed by atoms with van der Waals surface area (Å²) in [6.45, 7) is 47.0. The Morgan fingerprint density at radius 1 is 0.442 bits per heavy atom. The van der Waals surface area contributed by atoms with Gasteiger partial charge in [-0.15, -0.1) is 0 Å². The van der Waals surface area contributed by atoms with Gasteiger partial charge >= 0.3 is 0 Å². The molecular weight excluding hydrogens is 1170 g/mol. The van der Waals surface area contributed by atoms with Crippen LogP contribution < -0.4 is 10.9 Å². The third-order valence-corrected chi connectivity index (χ3v) is 13.4. The Morgan fingerprint density at radius 3 is 1.61 bits per heavy atom. The molecule has 1 amide bonds. The van der Waals surface area contributed by atoms with Gasteiger partial charge in [0.1, 0.15) is 5.39 Å². The number of furan rings is 1. The molecule has 0 atom stereocenters. The number of amides is 1. The molecule has 95 heavy (non-hydrogen) atoms. The second-order valence-electron chi connectivity index (χ2n) is 20.3. The summed E-state index contributed by atoms with van der Waals surface area (Å²) in [5.41, 5.74) is 15.3. The molecule has 0 unspecified atom stereocenters. The Bertz CT molecular complexity index is 3550. The number of hydrogen-bond donors (Lipinski definition) is 2. The smallest absolute Gasteiger partial charge is 0.264 e. The average molecular weight is 1290 g/mol. The van der Waals surface area contributed by atoms with Crippen molar-refractivity contribution in [2.24, 2.45) is 7.05 Å². The van der Waals surface area contributed by atoms with Crippen molar-refractivity contribution >= 4 is 55.2 Å². The molecule has 1 saturated heterocycles. The van der Waals surface area contributed by atoms with Crippen LogP contribution in [0.5, 0.6) is 0 Å². The first kappa shape index (κ1) is 88.4. The van der Waals surface area contributed by atoms with Gasteiger partial charge in [0.2, 0.25) is 5.91 Å². The maximum Gasteiger partial charge on any atom is 0.264 e. The first-order valence-electron chi connectivity index (χ1n) is 35.2. The largest absolute Gasteiger partial charge is 0.472 e. The van der Waals surface area contributed by atoms with Crippen molar-refractivity contribution in [1.29, 1.82) is 0 Å². The quantitative estimate of drug-likeness (QED) is 0.151. The van der Waals surface area contributed by atoms with Gasteiger partial charge in [0, 0.05) is 59.1 Å². The normalized spacial score (nSPS) is 11.3. The van der Waals surface area contributed by atoms with Crippen LogP contribution in [0.4, 0.5) is 5.69 Å². The fourth-order valence-electron chi connectivity index (χ4n) is 9.06. The highest BCUT2D eigenvalue weighted by molar-refractivity contribution is 5.94. The molecule has 1 aliphatic carbocycles. The first-order valence-corrected chi connectivity index (χ1v) is 35.2. The second kappa shape index (κ2) is 55.8. The van der Waals surface area contributed by atoms with E-state index in [4.69, 9.17) is 4.42 Å². The number of carbonyl (C=O) groups is 1. The number of nitrogens with one attached hydrogen (secondary N) is 2. The fraction of sp³-hybridized carbons (Fsp3) is 0.410. The summed E-state index contributed by atoms with van der Waals surface area (Å²) in [5, 5.41) is 14.6. The minimum atomic E-state index is -0.0799. The van der Waals surface area contributed by atoms with E-state index in [1.165, 1.54) is 118 Å². The van der Waals surface area contributed by atoms with Crippen LogP contribution in [0.15, 0.2) is 186 Å². The predicted molar refractivity (Wildman–Crippen MR) is 415 cm³/mol. The molecule has 12 heteroatoms. The number of para-hydroxylation sites is 1. The molecule has 2 N–H and O–H groups in total. The van der Waals surface area contributed by atoms with Crippen molar-refractivity contribution in [3.8, 4) is 0 Å². The lowest BCUT2D eigenvalue weighted by molar-refractivity contribution is -0.116. The number of aromatic nitrogens is 7. The van der Waals surface area contributed by atoms with Gasteiger partial charge in [-0.3, -0.25) is 29.6 Å². The maximum absolute atomic E-state index is 11.3. The van der Waals surface area contributed by atoms with Crippen LogP contribution in [0.1, 0.15) is 193 Å². The molecule has 1 fully saturated rings. The third-order valence-electron chi connectivity index (χ3n) is 13.4. The molecule has 12 nitrogen and oxygen atoms in total. The van der Waals surface area contributed by atoms with E-state index in [1.807, 2.05) is 211 Å². The van der Waals surface area contributed by atoms with Crippen molar-refractivity contribution < 1.29 is 9.21 Å². The monoisotopic (exact) mass is 1290 g/mol. The van der Waals surface area contributed by atoms with Gasteiger partial charge in [0.15, 0.2) is 5.65 Å². The second-order valence-corrected chi connectivity index (χ2v) is 20.3. The molecule has 6 aromatic heterocycles. The minimum absolute atomic E-state index is 0.0799. The van der Waals surface area contributed by atoms with Gasteiger partial charge in [0.25, 0.3) is 5.56 Å². The SMILES string of the molecule is CC.CC.CC.CC.CC.CC.CC.CC.CN1CCCC1.Cc1cc2ccccc2cn1.Cc1ccc2c(c1)CCC(=O)N2.Cc1ccc2c(c1)CCCC2.Cc1ccc2ccccc2n1.Cc1ccc2ncccc2c1.Cc1ccoc1.Cn1cnc2[nH]ncc2c1=O. The van der Waals surface area contributed by atoms with Gasteiger partial charge in [0.05, 0.1) is 36.1 Å². The molecule has 11 aromatic rings. The van der Waals surface area contributed by atoms with E-state index in [0.29, 0.717) is 17.5 Å². The molecular formula is C83H123N9O3. The van der Waals surface area contributed by atoms with E-state index >= 15 is 0 Å². The zero-order valence-corrected chi connectivity index (χ0v) is 63.2. The zero-order chi connectivity index (χ0) is 71.9. The van der Waals surface area contributed by atoms with Crippen molar-refractivity contribution in [2.45, 2.75) is 204 Å². The number of carbonyl (C=O) groups excluding carboxylic acids is 1. The number of benzene rings is 5. The van der Waals surface area contributed by atoms with Crippen LogP contribution in [0, 0.1) is 41.5 Å². The van der Waals surface area contributed by atoms with E-state index in [9.17, 15) is 9.59 Å². The number of rotatable bonds is 0. The fourth-order valence-corrected chi connectivity index (χ4v) is 9.06. The number of fused-ring (bicyclic) bond motifs is 6. The lowest BCUT2D eigenvalue weighted by Crippen LogP contribution is -2.18. The van der Waals surface area contributed by atoms with E-state index < -0.39 is 0 Å². The molecule has 5 aromatic carbocycles. The number of H-pyrrole nitrogens is 1. The van der Waals surface area contributed by atoms with Crippen molar-refractivity contribution in [3.63, 3.8) is 0 Å². The van der Waals surface area contributed by atoms with Gasteiger partial charge in [-0.2, -0.15) is 5.10 Å². The minimum Gasteiger partial charge on any atom is -0.472 e. The molecule has 14 rings (SSSR count). The molecule has 0 radical (unpaired) electrons. The van der Waals surface area contributed by atoms with Crippen LogP contribution >= 0.6 is 0 Å². The van der Waals surface area contributed by atoms with Gasteiger partial charge in [-0.1, -0.05) is 218 Å². The van der Waals surface area contributed by atoms with Crippen molar-refractivity contribution in [3.05, 3.63) is 238 Å². The Morgan fingerprint density at radius 2 is 1.01 bits per heavy atom. The van der Waals surface area contributed by atoms with Crippen LogP contribution in [0.2, 0.25) is 0 Å².